The van der Waals surface area contributed by atoms with Crippen LogP contribution in [0.4, 0.5) is 27.7 Å². The Labute approximate surface area is 389 Å². The van der Waals surface area contributed by atoms with Crippen LogP contribution in [0.5, 0.6) is 5.75 Å². The minimum Gasteiger partial charge on any atom is -0.489 e. The lowest BCUT2D eigenvalue weighted by molar-refractivity contribution is -0.384. The largest absolute Gasteiger partial charge is 0.489 e. The van der Waals surface area contributed by atoms with Gasteiger partial charge >= 0.3 is 6.03 Å². The van der Waals surface area contributed by atoms with E-state index in [4.69, 9.17) is 18.9 Å². The normalized spacial score (nSPS) is 19.4. The molecule has 2 fully saturated rings. The number of urea groups is 1. The summed E-state index contributed by atoms with van der Waals surface area (Å²) >= 11 is 3.56. The summed E-state index contributed by atoms with van der Waals surface area (Å²) in [4.78, 5) is 50.7. The first kappa shape index (κ1) is 47.8. The molecule has 0 spiro atoms. The first-order chi connectivity index (χ1) is 31.2. The van der Waals surface area contributed by atoms with Gasteiger partial charge in [0.1, 0.15) is 18.5 Å². The summed E-state index contributed by atoms with van der Waals surface area (Å²) in [5.74, 6) is 1.37. The number of benzene rings is 3. The monoisotopic (exact) mass is 956 g/mol. The molecule has 4 atom stereocenters. The number of nitro groups is 1. The molecule has 1 aromatic heterocycles. The molecule has 3 aliphatic rings. The van der Waals surface area contributed by atoms with Crippen LogP contribution >= 0.6 is 15.9 Å². The number of aryl methyl sites for hydroxylation is 3. The number of carbonyl (C=O) groups is 2. The molecule has 2 aliphatic heterocycles. The summed E-state index contributed by atoms with van der Waals surface area (Å²) in [5, 5.41) is 20.9. The quantitative estimate of drug-likeness (QED) is 0.0465. The Morgan fingerprint density at radius 3 is 2.54 bits per heavy atom. The standard InChI is InChI=1S/C48H61BrN8O8/c1-31-9-11-34(12-10-31)46(58)56(30-48(4,5)45-38-8-6-7-37(38)39-24-35(57(60)61)13-14-41(39)52-45)17-19-63-22-21-62-18-15-55-16-20-64-36(28-55)29-65-43-23-32(2)40(49)25-42(43)53-47(59)54-44-27-50-33(3)26-51-44/h9-14,23-27,36-38,45,52H,6-8,15-22,28-30H2,1-5H3,(H2,51,53,54,59)/t36-,37?,38?,45?/m0/s1. The number of nitrogens with zero attached hydrogens (tertiary/aromatic N) is 5. The van der Waals surface area contributed by atoms with Crippen molar-refractivity contribution < 1.29 is 33.5 Å². The maximum atomic E-state index is 14.1. The number of halogens is 1. The van der Waals surface area contributed by atoms with Gasteiger partial charge in [0.05, 0.1) is 61.7 Å². The van der Waals surface area contributed by atoms with Gasteiger partial charge in [0, 0.05) is 72.0 Å². The van der Waals surface area contributed by atoms with E-state index in [0.717, 1.165) is 64.9 Å². The van der Waals surface area contributed by atoms with E-state index in [0.29, 0.717) is 88.0 Å². The Hall–Kier alpha value is -5.20. The number of carbonyl (C=O) groups excluding carboxylic acids is 2. The highest BCUT2D eigenvalue weighted by Gasteiger charge is 2.47. The van der Waals surface area contributed by atoms with E-state index < -0.39 is 6.03 Å². The molecule has 16 nitrogen and oxygen atoms in total. The second kappa shape index (κ2) is 21.9. The van der Waals surface area contributed by atoms with Gasteiger partial charge in [-0.1, -0.05) is 53.9 Å². The Bertz CT molecular complexity index is 2280. The van der Waals surface area contributed by atoms with Gasteiger partial charge in [-0.2, -0.15) is 0 Å². The van der Waals surface area contributed by atoms with Gasteiger partial charge in [0.15, 0.2) is 5.82 Å². The predicted molar refractivity (Wildman–Crippen MR) is 253 cm³/mol. The molecule has 3 heterocycles. The molecule has 1 aliphatic carbocycles. The summed E-state index contributed by atoms with van der Waals surface area (Å²) in [6.07, 6.45) is 6.00. The van der Waals surface area contributed by atoms with Crippen LogP contribution < -0.4 is 20.7 Å². The van der Waals surface area contributed by atoms with Crippen LogP contribution in [0.3, 0.4) is 0 Å². The number of morpholine rings is 1. The number of nitro benzene ring substituents is 1. The Kier molecular flexibility index (Phi) is 16.1. The third-order valence-corrected chi connectivity index (χ3v) is 13.4. The zero-order valence-electron chi connectivity index (χ0n) is 37.9. The number of ether oxygens (including phenoxy) is 4. The molecule has 0 radical (unpaired) electrons. The average Bonchev–Trinajstić information content (AvgIpc) is 3.78. The molecular weight excluding hydrogens is 896 g/mol. The van der Waals surface area contributed by atoms with Crippen molar-refractivity contribution in [2.75, 3.05) is 88.3 Å². The van der Waals surface area contributed by atoms with Crippen LogP contribution in [0, 0.1) is 42.2 Å². The van der Waals surface area contributed by atoms with Crippen molar-refractivity contribution in [3.05, 3.63) is 110 Å². The molecule has 65 heavy (non-hydrogen) atoms. The number of hydrogen-bond acceptors (Lipinski definition) is 12. The number of fused-ring (bicyclic) bond motifs is 3. The molecule has 3 N–H and O–H groups in total. The second-order valence-corrected chi connectivity index (χ2v) is 18.8. The van der Waals surface area contributed by atoms with E-state index in [1.165, 1.54) is 6.20 Å². The van der Waals surface area contributed by atoms with Crippen molar-refractivity contribution in [2.45, 2.75) is 71.9 Å². The fraction of sp³-hybridized carbons (Fsp3) is 0.500. The van der Waals surface area contributed by atoms with Gasteiger partial charge in [-0.15, -0.1) is 0 Å². The Morgan fingerprint density at radius 2 is 1.78 bits per heavy atom. The van der Waals surface area contributed by atoms with Crippen LogP contribution in [0.15, 0.2) is 71.5 Å². The van der Waals surface area contributed by atoms with Crippen molar-refractivity contribution in [3.63, 3.8) is 0 Å². The maximum absolute atomic E-state index is 14.1. The molecule has 3 amide bonds. The molecule has 348 valence electrons. The molecule has 7 rings (SSSR count). The lowest BCUT2D eigenvalue weighted by Crippen LogP contribution is -2.52. The zero-order valence-corrected chi connectivity index (χ0v) is 39.5. The highest BCUT2D eigenvalue weighted by Crippen LogP contribution is 2.52. The molecular formula is C48H61BrN8O8. The molecule has 4 aromatic rings. The Balaban J connectivity index is 0.860. The average molecular weight is 958 g/mol. The van der Waals surface area contributed by atoms with E-state index in [1.807, 2.05) is 62.1 Å². The van der Waals surface area contributed by atoms with Gasteiger partial charge < -0.3 is 34.5 Å². The van der Waals surface area contributed by atoms with Crippen molar-refractivity contribution in [3.8, 4) is 5.75 Å². The van der Waals surface area contributed by atoms with E-state index in [1.54, 1.807) is 24.4 Å². The number of hydrogen-bond donors (Lipinski definition) is 3. The van der Waals surface area contributed by atoms with Crippen LogP contribution in [0.2, 0.25) is 0 Å². The third-order valence-electron chi connectivity index (χ3n) is 12.6. The van der Waals surface area contributed by atoms with Gasteiger partial charge in [-0.3, -0.25) is 30.1 Å². The topological polar surface area (TPSA) is 183 Å². The van der Waals surface area contributed by atoms with Crippen molar-refractivity contribution >= 4 is 50.7 Å². The lowest BCUT2D eigenvalue weighted by atomic mass is 9.69. The van der Waals surface area contributed by atoms with Gasteiger partial charge in [0.25, 0.3) is 11.6 Å². The highest BCUT2D eigenvalue weighted by atomic mass is 79.9. The number of aromatic nitrogens is 2. The second-order valence-electron chi connectivity index (χ2n) is 18.0. The molecule has 3 unspecified atom stereocenters. The predicted octanol–water partition coefficient (Wildman–Crippen LogP) is 8.38. The summed E-state index contributed by atoms with van der Waals surface area (Å²) < 4.78 is 25.1. The lowest BCUT2D eigenvalue weighted by Gasteiger charge is -2.47. The third kappa shape index (κ3) is 12.6. The molecule has 0 bridgehead atoms. The highest BCUT2D eigenvalue weighted by molar-refractivity contribution is 9.10. The molecule has 1 saturated heterocycles. The SMILES string of the molecule is Cc1ccc(C(=O)N(CCOCCOCCN2CCO[C@H](COc3cc(C)c(Br)cc3NC(=O)Nc3cnc(C)cn3)C2)CC(C)(C)C2Nc3ccc([N+](=O)[O-])cc3C3CCCC32)cc1. The number of rotatable bonds is 19. The van der Waals surface area contributed by atoms with Crippen molar-refractivity contribution in [1.29, 1.82) is 0 Å². The molecule has 17 heteroatoms. The van der Waals surface area contributed by atoms with Crippen LogP contribution in [-0.2, 0) is 14.2 Å². The number of non-ortho nitro benzene ring substituents is 1. The number of nitrogens with one attached hydrogen (secondary N) is 3. The smallest absolute Gasteiger partial charge is 0.325 e. The van der Waals surface area contributed by atoms with Crippen molar-refractivity contribution in [1.82, 2.24) is 19.8 Å². The number of amides is 3. The minimum absolute atomic E-state index is 0.0389. The maximum Gasteiger partial charge on any atom is 0.325 e. The van der Waals surface area contributed by atoms with E-state index in [-0.39, 0.29) is 40.0 Å². The summed E-state index contributed by atoms with van der Waals surface area (Å²) in [7, 11) is 0. The fourth-order valence-electron chi connectivity index (χ4n) is 9.20. The zero-order chi connectivity index (χ0) is 46.1. The van der Waals surface area contributed by atoms with E-state index in [9.17, 15) is 19.7 Å². The Morgan fingerprint density at radius 1 is 1.00 bits per heavy atom. The first-order valence-electron chi connectivity index (χ1n) is 22.4. The fourth-order valence-corrected chi connectivity index (χ4v) is 9.55. The molecule has 3 aromatic carbocycles. The summed E-state index contributed by atoms with van der Waals surface area (Å²) in [6.45, 7) is 15.9. The van der Waals surface area contributed by atoms with E-state index in [2.05, 4.69) is 60.6 Å². The van der Waals surface area contributed by atoms with Crippen LogP contribution in [0.1, 0.15) is 71.8 Å². The van der Waals surface area contributed by atoms with Crippen LogP contribution in [-0.4, -0.2) is 121 Å². The van der Waals surface area contributed by atoms with Crippen LogP contribution in [0.25, 0.3) is 0 Å². The summed E-state index contributed by atoms with van der Waals surface area (Å²) in [5.41, 5.74) is 5.72. The van der Waals surface area contributed by atoms with E-state index >= 15 is 0 Å². The van der Waals surface area contributed by atoms with Crippen molar-refractivity contribution in [2.24, 2.45) is 11.3 Å². The minimum atomic E-state index is -0.467. The first-order valence-corrected chi connectivity index (χ1v) is 23.2. The summed E-state index contributed by atoms with van der Waals surface area (Å²) in [6, 6.07) is 16.2. The van der Waals surface area contributed by atoms with Gasteiger partial charge in [-0.25, -0.2) is 9.78 Å². The van der Waals surface area contributed by atoms with Gasteiger partial charge in [-0.05, 0) is 86.9 Å². The molecule has 1 saturated carbocycles. The number of anilines is 3. The van der Waals surface area contributed by atoms with Gasteiger partial charge in [0.2, 0.25) is 0 Å².